The lowest BCUT2D eigenvalue weighted by molar-refractivity contribution is -0.118. The van der Waals surface area contributed by atoms with Crippen molar-refractivity contribution in [2.24, 2.45) is 5.92 Å². The largest absolute Gasteiger partial charge is 0.378 e. The van der Waals surface area contributed by atoms with Gasteiger partial charge in [0.1, 0.15) is 16.2 Å². The Hall–Kier alpha value is -2.64. The maximum atomic E-state index is 13.8. The fourth-order valence-corrected chi connectivity index (χ4v) is 8.60. The molecule has 1 saturated carbocycles. The summed E-state index contributed by atoms with van der Waals surface area (Å²) in [6, 6.07) is 11.1. The molecule has 6 rings (SSSR count). The number of benzene rings is 1. The van der Waals surface area contributed by atoms with Gasteiger partial charge < -0.3 is 19.9 Å². The van der Waals surface area contributed by atoms with Crippen molar-refractivity contribution in [2.45, 2.75) is 55.9 Å². The van der Waals surface area contributed by atoms with Crippen LogP contribution in [-0.2, 0) is 19.6 Å². The van der Waals surface area contributed by atoms with Gasteiger partial charge in [0.25, 0.3) is 0 Å². The second kappa shape index (κ2) is 12.5. The number of aromatic nitrogens is 2. The number of hydrogen-bond donors (Lipinski definition) is 1. The number of thiazole rings is 1. The lowest BCUT2D eigenvalue weighted by atomic mass is 9.87. The van der Waals surface area contributed by atoms with Gasteiger partial charge in [0.05, 0.1) is 24.0 Å². The van der Waals surface area contributed by atoms with E-state index in [1.807, 2.05) is 38.2 Å². The quantitative estimate of drug-likeness (QED) is 0.404. The Bertz CT molecular complexity index is 1500. The first-order valence-corrected chi connectivity index (χ1v) is 17.2. The van der Waals surface area contributed by atoms with E-state index in [4.69, 9.17) is 9.72 Å². The summed E-state index contributed by atoms with van der Waals surface area (Å²) in [4.78, 5) is 28.7. The summed E-state index contributed by atoms with van der Waals surface area (Å²) in [5.74, 6) is 0.867. The van der Waals surface area contributed by atoms with Crippen LogP contribution in [0.4, 0.5) is 10.9 Å². The molecule has 0 unspecified atom stereocenters. The Morgan fingerprint density at radius 3 is 2.50 bits per heavy atom. The summed E-state index contributed by atoms with van der Waals surface area (Å²) in [5.41, 5.74) is 1.59. The van der Waals surface area contributed by atoms with Crippen molar-refractivity contribution in [3.63, 3.8) is 0 Å². The van der Waals surface area contributed by atoms with Crippen LogP contribution in [0, 0.1) is 5.92 Å². The molecule has 2 aliphatic heterocycles. The summed E-state index contributed by atoms with van der Waals surface area (Å²) < 4.78 is 33.8. The van der Waals surface area contributed by atoms with Crippen LogP contribution >= 0.6 is 11.3 Å². The molecule has 12 heteroatoms. The number of carbonyl (C=O) groups is 1. The third-order valence-electron chi connectivity index (χ3n) is 9.01. The van der Waals surface area contributed by atoms with Crippen LogP contribution < -0.4 is 10.2 Å². The van der Waals surface area contributed by atoms with Crippen molar-refractivity contribution >= 4 is 48.6 Å². The van der Waals surface area contributed by atoms with Gasteiger partial charge in [-0.05, 0) is 56.1 Å². The summed E-state index contributed by atoms with van der Waals surface area (Å²) in [6.45, 7) is 6.68. The number of nitrogens with zero attached hydrogens (tertiary/aromatic N) is 5. The molecular formula is C30H40N6O4S2. The number of ether oxygens (including phenoxy) is 1. The van der Waals surface area contributed by atoms with E-state index in [1.165, 1.54) is 24.2 Å². The van der Waals surface area contributed by atoms with Gasteiger partial charge in [0.15, 0.2) is 5.13 Å². The number of sulfonamides is 1. The lowest BCUT2D eigenvalue weighted by Gasteiger charge is -2.36. The van der Waals surface area contributed by atoms with E-state index < -0.39 is 15.9 Å². The number of hydrogen-bond acceptors (Lipinski definition) is 9. The lowest BCUT2D eigenvalue weighted by Crippen LogP contribution is -2.51. The summed E-state index contributed by atoms with van der Waals surface area (Å²) in [6.07, 6.45) is 5.35. The van der Waals surface area contributed by atoms with E-state index in [0.717, 1.165) is 54.1 Å². The summed E-state index contributed by atoms with van der Waals surface area (Å²) in [5, 5.41) is 3.60. The third kappa shape index (κ3) is 6.33. The van der Waals surface area contributed by atoms with E-state index >= 15 is 0 Å². The second-order valence-electron chi connectivity index (χ2n) is 11.8. The Morgan fingerprint density at radius 1 is 1.05 bits per heavy atom. The molecule has 0 spiro atoms. The van der Waals surface area contributed by atoms with E-state index in [2.05, 4.69) is 20.1 Å². The van der Waals surface area contributed by atoms with Gasteiger partial charge in [0, 0.05) is 38.8 Å². The number of likely N-dealkylation sites (N-methyl/N-ethyl adjacent to an activating group) is 1. The highest BCUT2D eigenvalue weighted by atomic mass is 32.2. The Labute approximate surface area is 252 Å². The first kappa shape index (κ1) is 29.4. The number of morpholine rings is 1. The first-order valence-electron chi connectivity index (χ1n) is 15.0. The van der Waals surface area contributed by atoms with Crippen molar-refractivity contribution in [1.29, 1.82) is 0 Å². The molecule has 2 atom stereocenters. The van der Waals surface area contributed by atoms with Crippen molar-refractivity contribution in [3.8, 4) is 0 Å². The highest BCUT2D eigenvalue weighted by molar-refractivity contribution is 7.89. The SMILES string of the molecule is C[C@H]1CN(S(=O)(=O)c2ccc([C@@H](CC3CCCC3)C(=O)Nc3nc4ccc(N5CCOCC5)nc4s3)cc2)CCN1C. The molecule has 3 aromatic rings. The molecule has 0 radical (unpaired) electrons. The number of piperazine rings is 1. The zero-order valence-corrected chi connectivity index (χ0v) is 26.0. The highest BCUT2D eigenvalue weighted by Crippen LogP contribution is 2.36. The molecule has 1 aromatic carbocycles. The van der Waals surface area contributed by atoms with Crippen LogP contribution in [0.3, 0.4) is 0 Å². The standard InChI is InChI=1S/C30H40N6O4S2/c1-21-20-36(14-13-34(21)2)42(38,39)24-9-7-23(8-10-24)25(19-22-5-3-4-6-22)28(37)33-30-31-26-11-12-27(32-29(26)41-30)35-15-17-40-18-16-35/h7-12,21-22,25H,3-6,13-20H2,1-2H3,(H,31,33,37)/t21-,25+/m0/s1. The molecule has 2 saturated heterocycles. The minimum Gasteiger partial charge on any atom is -0.378 e. The van der Waals surface area contributed by atoms with Gasteiger partial charge in [-0.25, -0.2) is 18.4 Å². The summed E-state index contributed by atoms with van der Waals surface area (Å²) >= 11 is 1.38. The third-order valence-corrected chi connectivity index (χ3v) is 11.8. The van der Waals surface area contributed by atoms with Crippen LogP contribution in [0.2, 0.25) is 0 Å². The molecule has 3 aliphatic rings. The predicted octanol–water partition coefficient (Wildman–Crippen LogP) is 4.16. The fourth-order valence-electron chi connectivity index (χ4n) is 6.25. The minimum absolute atomic E-state index is 0.113. The smallest absolute Gasteiger partial charge is 0.243 e. The second-order valence-corrected chi connectivity index (χ2v) is 14.7. The average Bonchev–Trinajstić information content (AvgIpc) is 3.67. The number of rotatable bonds is 8. The van der Waals surface area contributed by atoms with Gasteiger partial charge in [-0.2, -0.15) is 4.31 Å². The van der Waals surface area contributed by atoms with Gasteiger partial charge in [-0.1, -0.05) is 49.2 Å². The van der Waals surface area contributed by atoms with Crippen molar-refractivity contribution < 1.29 is 17.9 Å². The zero-order valence-electron chi connectivity index (χ0n) is 24.4. The molecule has 10 nitrogen and oxygen atoms in total. The number of pyridine rings is 1. The maximum absolute atomic E-state index is 13.8. The predicted molar refractivity (Wildman–Crippen MR) is 166 cm³/mol. The average molecular weight is 613 g/mol. The van der Waals surface area contributed by atoms with Gasteiger partial charge in [-0.15, -0.1) is 0 Å². The van der Waals surface area contributed by atoms with Crippen LogP contribution in [0.5, 0.6) is 0 Å². The molecule has 0 bridgehead atoms. The van der Waals surface area contributed by atoms with E-state index in [0.29, 0.717) is 43.9 Å². The molecule has 3 fully saturated rings. The first-order chi connectivity index (χ1) is 20.3. The zero-order chi connectivity index (χ0) is 29.3. The molecule has 1 aliphatic carbocycles. The molecule has 226 valence electrons. The van der Waals surface area contributed by atoms with Gasteiger partial charge in [0.2, 0.25) is 15.9 Å². The Kier molecular flexibility index (Phi) is 8.78. The van der Waals surface area contributed by atoms with Gasteiger partial charge >= 0.3 is 0 Å². The molecule has 42 heavy (non-hydrogen) atoms. The van der Waals surface area contributed by atoms with E-state index in [-0.39, 0.29) is 16.8 Å². The Morgan fingerprint density at radius 2 is 1.79 bits per heavy atom. The number of nitrogens with one attached hydrogen (secondary N) is 1. The number of fused-ring (bicyclic) bond motifs is 1. The van der Waals surface area contributed by atoms with Crippen LogP contribution in [0.15, 0.2) is 41.3 Å². The topological polar surface area (TPSA) is 108 Å². The number of amides is 1. The van der Waals surface area contributed by atoms with E-state index in [1.54, 1.807) is 16.4 Å². The number of anilines is 2. The van der Waals surface area contributed by atoms with Crippen molar-refractivity contribution in [2.75, 3.05) is 63.2 Å². The molecule has 2 aromatic heterocycles. The van der Waals surface area contributed by atoms with Crippen LogP contribution in [0.25, 0.3) is 10.3 Å². The Balaban J connectivity index is 1.20. The molecule has 1 amide bonds. The molecule has 1 N–H and O–H groups in total. The van der Waals surface area contributed by atoms with Crippen molar-refractivity contribution in [1.82, 2.24) is 19.2 Å². The highest BCUT2D eigenvalue weighted by Gasteiger charge is 2.32. The minimum atomic E-state index is -3.60. The van der Waals surface area contributed by atoms with E-state index in [9.17, 15) is 13.2 Å². The normalized spacial score (nSPS) is 22.0. The van der Waals surface area contributed by atoms with Gasteiger partial charge in [-0.3, -0.25) is 4.79 Å². The monoisotopic (exact) mass is 612 g/mol. The summed E-state index contributed by atoms with van der Waals surface area (Å²) in [7, 11) is -1.58. The van der Waals surface area contributed by atoms with Crippen LogP contribution in [-0.4, -0.2) is 92.5 Å². The number of carbonyl (C=O) groups excluding carboxylic acids is 1. The molecule has 4 heterocycles. The maximum Gasteiger partial charge on any atom is 0.243 e. The van der Waals surface area contributed by atoms with Crippen molar-refractivity contribution in [3.05, 3.63) is 42.0 Å². The van der Waals surface area contributed by atoms with Crippen LogP contribution in [0.1, 0.15) is 50.5 Å². The molecular weight excluding hydrogens is 573 g/mol. The fraction of sp³-hybridized carbons (Fsp3) is 0.567.